The molecule has 1 saturated heterocycles. The minimum atomic E-state index is -5.09. The highest BCUT2D eigenvalue weighted by Crippen LogP contribution is 2.40. The van der Waals surface area contributed by atoms with Crippen LogP contribution in [0.5, 0.6) is 0 Å². The standard InChI is InChI=1S/C27H17F6N5O3/c28-26(29,30)17-9-13(10-34-23(17)21-5-2-8-41-21)36-25(40)16-11-35-38(24(16)27(31,32)33)20-7-6-18-22-14(19(12-39)37-18)3-1-4-15(20)22/h1,3-4,6-7,9-11,21,37H,2,5,8H2,(H,36,40). The number of pyridine rings is 1. The molecule has 1 atom stereocenters. The first kappa shape index (κ1) is 26.5. The second-order valence-corrected chi connectivity index (χ2v) is 9.39. The van der Waals surface area contributed by atoms with Crippen molar-refractivity contribution in [2.45, 2.75) is 31.3 Å². The number of aromatic amines is 1. The maximum absolute atomic E-state index is 14.4. The molecule has 0 spiro atoms. The van der Waals surface area contributed by atoms with Crippen LogP contribution in [-0.2, 0) is 21.9 Å². The largest absolute Gasteiger partial charge is 0.434 e. The Morgan fingerprint density at radius 3 is 2.54 bits per heavy atom. The Bertz CT molecular complexity index is 1900. The molecule has 210 valence electrons. The molecule has 0 bridgehead atoms. The summed E-state index contributed by atoms with van der Waals surface area (Å²) in [6, 6.07) is 8.12. The topological polar surface area (TPSA) is 102 Å². The zero-order valence-corrected chi connectivity index (χ0v) is 20.7. The van der Waals surface area contributed by atoms with E-state index >= 15 is 0 Å². The lowest BCUT2D eigenvalue weighted by atomic mass is 10.0. The Balaban J connectivity index is 1.42. The number of ether oxygens (including phenoxy) is 1. The molecule has 1 aliphatic rings. The van der Waals surface area contributed by atoms with Crippen molar-refractivity contribution in [2.75, 3.05) is 11.9 Å². The molecule has 2 N–H and O–H groups in total. The lowest BCUT2D eigenvalue weighted by Crippen LogP contribution is -2.21. The van der Waals surface area contributed by atoms with Crippen LogP contribution in [0, 0.1) is 0 Å². The van der Waals surface area contributed by atoms with E-state index in [1.165, 1.54) is 18.2 Å². The Morgan fingerprint density at radius 1 is 1.07 bits per heavy atom. The molecule has 6 rings (SSSR count). The van der Waals surface area contributed by atoms with Crippen molar-refractivity contribution >= 4 is 39.2 Å². The summed E-state index contributed by atoms with van der Waals surface area (Å²) in [7, 11) is 0. The summed E-state index contributed by atoms with van der Waals surface area (Å²) in [5.41, 5.74) is -3.86. The molecule has 41 heavy (non-hydrogen) atoms. The van der Waals surface area contributed by atoms with Crippen molar-refractivity contribution in [2.24, 2.45) is 0 Å². The molecule has 4 heterocycles. The van der Waals surface area contributed by atoms with Gasteiger partial charge in [-0.3, -0.25) is 9.78 Å². The van der Waals surface area contributed by atoms with Gasteiger partial charge in [0.2, 0.25) is 0 Å². The molecule has 14 heteroatoms. The number of aromatic nitrogens is 4. The van der Waals surface area contributed by atoms with E-state index in [0.29, 0.717) is 51.5 Å². The van der Waals surface area contributed by atoms with Gasteiger partial charge in [-0.25, -0.2) is 9.48 Å². The van der Waals surface area contributed by atoms with Gasteiger partial charge < -0.3 is 15.0 Å². The van der Waals surface area contributed by atoms with Crippen LogP contribution < -0.4 is 10.7 Å². The van der Waals surface area contributed by atoms with Gasteiger partial charge in [-0.1, -0.05) is 18.2 Å². The third-order valence-electron chi connectivity index (χ3n) is 6.88. The second kappa shape index (κ2) is 9.46. The minimum absolute atomic E-state index is 0.0344. The normalized spacial score (nSPS) is 16.0. The highest BCUT2D eigenvalue weighted by atomic mass is 19.4. The Hall–Kier alpha value is -4.68. The SMILES string of the molecule is O=C=c1[nH]c2ccc(-n3ncc(C(=O)Nc4cnc(C5CCCO5)c(C(F)(F)F)c4)c3C(F)(F)F)c3cccc1c23. The Kier molecular flexibility index (Phi) is 6.12. The highest BCUT2D eigenvalue weighted by Gasteiger charge is 2.42. The first-order valence-corrected chi connectivity index (χ1v) is 12.2. The predicted octanol–water partition coefficient (Wildman–Crippen LogP) is 5.27. The van der Waals surface area contributed by atoms with E-state index in [2.05, 4.69) is 20.4 Å². The average Bonchev–Trinajstić information content (AvgIpc) is 3.68. The van der Waals surface area contributed by atoms with Gasteiger partial charge in [-0.05, 0) is 31.0 Å². The van der Waals surface area contributed by atoms with E-state index in [9.17, 15) is 35.9 Å². The van der Waals surface area contributed by atoms with E-state index < -0.39 is 46.9 Å². The van der Waals surface area contributed by atoms with Crippen LogP contribution in [0.3, 0.4) is 0 Å². The number of nitrogens with one attached hydrogen (secondary N) is 2. The van der Waals surface area contributed by atoms with Gasteiger partial charge in [0.15, 0.2) is 11.6 Å². The minimum Gasteiger partial charge on any atom is -0.372 e. The van der Waals surface area contributed by atoms with E-state index in [1.807, 2.05) is 0 Å². The van der Waals surface area contributed by atoms with Crippen molar-refractivity contribution in [3.05, 3.63) is 76.7 Å². The summed E-state index contributed by atoms with van der Waals surface area (Å²) in [5.74, 6) is 0.427. The van der Waals surface area contributed by atoms with E-state index in [1.54, 1.807) is 18.1 Å². The van der Waals surface area contributed by atoms with Crippen LogP contribution in [0.15, 0.2) is 48.8 Å². The molecule has 1 fully saturated rings. The third-order valence-corrected chi connectivity index (χ3v) is 6.88. The molecule has 0 aliphatic carbocycles. The maximum Gasteiger partial charge on any atom is 0.434 e. The molecular weight excluding hydrogens is 556 g/mol. The summed E-state index contributed by atoms with van der Waals surface area (Å²) < 4.78 is 90.4. The van der Waals surface area contributed by atoms with Crippen molar-refractivity contribution in [1.29, 1.82) is 0 Å². The number of nitrogens with zero attached hydrogens (tertiary/aromatic N) is 3. The van der Waals surface area contributed by atoms with Crippen LogP contribution in [0.1, 0.15) is 46.3 Å². The summed E-state index contributed by atoms with van der Waals surface area (Å²) >= 11 is 0. The Labute approximate surface area is 225 Å². The van der Waals surface area contributed by atoms with Crippen LogP contribution in [0.4, 0.5) is 32.0 Å². The zero-order valence-electron chi connectivity index (χ0n) is 20.7. The first-order chi connectivity index (χ1) is 19.5. The average molecular weight is 573 g/mol. The van der Waals surface area contributed by atoms with E-state index in [-0.39, 0.29) is 23.3 Å². The number of rotatable bonds is 4. The number of carbonyl (C=O) groups excluding carboxylic acids is 2. The number of H-pyrrole nitrogens is 1. The van der Waals surface area contributed by atoms with Gasteiger partial charge in [0.1, 0.15) is 11.5 Å². The van der Waals surface area contributed by atoms with Gasteiger partial charge in [0.05, 0.1) is 40.6 Å². The molecule has 3 aromatic heterocycles. The quantitative estimate of drug-likeness (QED) is 0.286. The number of halogens is 6. The van der Waals surface area contributed by atoms with Gasteiger partial charge >= 0.3 is 12.4 Å². The van der Waals surface area contributed by atoms with Gasteiger partial charge in [-0.2, -0.15) is 31.4 Å². The predicted molar refractivity (Wildman–Crippen MR) is 133 cm³/mol. The monoisotopic (exact) mass is 573 g/mol. The van der Waals surface area contributed by atoms with Gasteiger partial charge in [-0.15, -0.1) is 0 Å². The van der Waals surface area contributed by atoms with Crippen molar-refractivity contribution < 1.29 is 40.7 Å². The lowest BCUT2D eigenvalue weighted by Gasteiger charge is -2.18. The fraction of sp³-hybridized carbons (Fsp3) is 0.222. The molecule has 1 aliphatic heterocycles. The molecule has 1 unspecified atom stereocenters. The number of amides is 1. The maximum atomic E-state index is 14.4. The van der Waals surface area contributed by atoms with E-state index in [0.717, 1.165) is 6.20 Å². The fourth-order valence-corrected chi connectivity index (χ4v) is 5.16. The summed E-state index contributed by atoms with van der Waals surface area (Å²) in [6.45, 7) is 0.275. The second-order valence-electron chi connectivity index (χ2n) is 9.39. The molecule has 0 saturated carbocycles. The highest BCUT2D eigenvalue weighted by molar-refractivity contribution is 6.13. The van der Waals surface area contributed by atoms with Crippen molar-refractivity contribution in [3.63, 3.8) is 0 Å². The van der Waals surface area contributed by atoms with Crippen molar-refractivity contribution in [1.82, 2.24) is 19.7 Å². The number of carbonyl (C=O) groups is 1. The smallest absolute Gasteiger partial charge is 0.372 e. The molecule has 2 aromatic carbocycles. The molecule has 5 aromatic rings. The van der Waals surface area contributed by atoms with Crippen LogP contribution >= 0.6 is 0 Å². The summed E-state index contributed by atoms with van der Waals surface area (Å²) in [4.78, 5) is 31.1. The summed E-state index contributed by atoms with van der Waals surface area (Å²) in [6.07, 6.45) is -8.30. The fourth-order valence-electron chi connectivity index (χ4n) is 5.16. The third kappa shape index (κ3) is 4.50. The first-order valence-electron chi connectivity index (χ1n) is 12.2. The van der Waals surface area contributed by atoms with Crippen molar-refractivity contribution in [3.8, 4) is 5.69 Å². The van der Waals surface area contributed by atoms with Gasteiger partial charge in [0, 0.05) is 28.3 Å². The number of anilines is 1. The number of benzene rings is 2. The molecular formula is C27H17F6N5O3. The molecule has 8 nitrogen and oxygen atoms in total. The van der Waals surface area contributed by atoms with Crippen LogP contribution in [-0.4, -0.2) is 38.2 Å². The van der Waals surface area contributed by atoms with Crippen LogP contribution in [0.2, 0.25) is 0 Å². The Morgan fingerprint density at radius 2 is 1.85 bits per heavy atom. The van der Waals surface area contributed by atoms with Crippen LogP contribution in [0.25, 0.3) is 27.4 Å². The molecule has 0 radical (unpaired) electrons. The number of hydrogen-bond acceptors (Lipinski definition) is 5. The number of alkyl halides is 6. The molecule has 1 amide bonds. The zero-order chi connectivity index (χ0) is 29.1. The number of hydrogen-bond donors (Lipinski definition) is 2. The lowest BCUT2D eigenvalue weighted by molar-refractivity contribution is -0.143. The van der Waals surface area contributed by atoms with Gasteiger partial charge in [0.25, 0.3) is 5.91 Å². The summed E-state index contributed by atoms with van der Waals surface area (Å²) in [5, 5.41) is 7.25. The van der Waals surface area contributed by atoms with E-state index in [4.69, 9.17) is 4.74 Å².